The second kappa shape index (κ2) is 7.62. The van der Waals surface area contributed by atoms with E-state index in [-0.39, 0.29) is 30.4 Å². The van der Waals surface area contributed by atoms with Crippen molar-refractivity contribution in [2.75, 3.05) is 23.3 Å². The summed E-state index contributed by atoms with van der Waals surface area (Å²) in [5, 5.41) is 9.31. The van der Waals surface area contributed by atoms with Crippen molar-refractivity contribution in [1.82, 2.24) is 10.6 Å². The minimum atomic E-state index is -0.100. The lowest BCUT2D eigenvalue weighted by Gasteiger charge is -2.24. The number of nitrogens with zero attached hydrogens (tertiary/aromatic N) is 1. The molecule has 1 saturated carbocycles. The fourth-order valence-corrected chi connectivity index (χ4v) is 4.22. The van der Waals surface area contributed by atoms with Crippen LogP contribution in [0.4, 0.5) is 16.2 Å². The zero-order chi connectivity index (χ0) is 16.5. The highest BCUT2D eigenvalue weighted by Gasteiger charge is 2.38. The molecule has 6 nitrogen and oxygen atoms in total. The first-order valence-corrected chi connectivity index (χ1v) is 8.93. The first-order chi connectivity index (χ1) is 11.7. The van der Waals surface area contributed by atoms with E-state index in [1.165, 1.54) is 25.7 Å². The number of fused-ring (bicyclic) bond motifs is 1. The molecule has 3 N–H and O–H groups in total. The van der Waals surface area contributed by atoms with Crippen LogP contribution in [0.25, 0.3) is 0 Å². The van der Waals surface area contributed by atoms with Gasteiger partial charge in [-0.15, -0.1) is 12.4 Å². The predicted octanol–water partition coefficient (Wildman–Crippen LogP) is 2.50. The average molecular weight is 365 g/mol. The summed E-state index contributed by atoms with van der Waals surface area (Å²) >= 11 is 0. The number of hydrogen-bond acceptors (Lipinski definition) is 3. The molecule has 0 spiro atoms. The van der Waals surface area contributed by atoms with Crippen LogP contribution in [0.5, 0.6) is 0 Å². The lowest BCUT2D eigenvalue weighted by atomic mass is 9.85. The number of halogens is 1. The molecule has 2 saturated heterocycles. The van der Waals surface area contributed by atoms with Crippen molar-refractivity contribution in [3.8, 4) is 0 Å². The summed E-state index contributed by atoms with van der Waals surface area (Å²) in [6, 6.07) is 7.83. The van der Waals surface area contributed by atoms with E-state index in [2.05, 4.69) is 16.0 Å². The summed E-state index contributed by atoms with van der Waals surface area (Å²) in [6.45, 7) is 1.31. The quantitative estimate of drug-likeness (QED) is 0.771. The molecule has 1 aromatic rings. The van der Waals surface area contributed by atoms with Crippen LogP contribution in [0.15, 0.2) is 24.3 Å². The number of nitrogens with one attached hydrogen (secondary N) is 3. The maximum absolute atomic E-state index is 12.6. The Bertz CT molecular complexity index is 640. The van der Waals surface area contributed by atoms with E-state index in [1.54, 1.807) is 4.90 Å². The average Bonchev–Trinajstić information content (AvgIpc) is 3.21. The molecular formula is C18H25ClN4O2. The third-order valence-electron chi connectivity index (χ3n) is 5.46. The minimum absolute atomic E-state index is 0. The molecule has 3 fully saturated rings. The van der Waals surface area contributed by atoms with Crippen molar-refractivity contribution < 1.29 is 9.59 Å². The molecule has 25 heavy (non-hydrogen) atoms. The third-order valence-corrected chi connectivity index (χ3v) is 5.46. The van der Waals surface area contributed by atoms with Crippen LogP contribution in [0.2, 0.25) is 0 Å². The Morgan fingerprint density at radius 2 is 2.08 bits per heavy atom. The van der Waals surface area contributed by atoms with E-state index in [1.807, 2.05) is 24.3 Å². The fourth-order valence-electron chi connectivity index (χ4n) is 4.22. The molecular weight excluding hydrogens is 340 g/mol. The molecule has 3 atom stereocenters. The summed E-state index contributed by atoms with van der Waals surface area (Å²) in [4.78, 5) is 26.1. The third kappa shape index (κ3) is 3.75. The van der Waals surface area contributed by atoms with Crippen LogP contribution < -0.4 is 20.9 Å². The first-order valence-electron chi connectivity index (χ1n) is 8.93. The van der Waals surface area contributed by atoms with E-state index in [0.29, 0.717) is 25.0 Å². The maximum Gasteiger partial charge on any atom is 0.321 e. The van der Waals surface area contributed by atoms with Gasteiger partial charge in [-0.3, -0.25) is 9.69 Å². The van der Waals surface area contributed by atoms with Crippen LogP contribution in [0, 0.1) is 5.92 Å². The molecule has 3 unspecified atom stereocenters. The van der Waals surface area contributed by atoms with Crippen LogP contribution in [0.1, 0.15) is 32.1 Å². The zero-order valence-corrected chi connectivity index (χ0v) is 15.0. The largest absolute Gasteiger partial charge is 0.336 e. The Balaban J connectivity index is 0.00000182. The van der Waals surface area contributed by atoms with E-state index < -0.39 is 0 Å². The molecule has 0 radical (unpaired) electrons. The number of hydrogen-bond donors (Lipinski definition) is 3. The van der Waals surface area contributed by atoms with Gasteiger partial charge < -0.3 is 16.0 Å². The SMILES string of the molecule is Cl.O=C(Nc1cccc(N2CCNC2=O)c1)C1CC2CCCCC2N1. The summed E-state index contributed by atoms with van der Waals surface area (Å²) < 4.78 is 0. The van der Waals surface area contributed by atoms with Gasteiger partial charge in [-0.2, -0.15) is 0 Å². The number of carbonyl (C=O) groups is 2. The maximum atomic E-state index is 12.6. The lowest BCUT2D eigenvalue weighted by Crippen LogP contribution is -2.39. The molecule has 2 heterocycles. The van der Waals surface area contributed by atoms with E-state index in [0.717, 1.165) is 17.8 Å². The Hall–Kier alpha value is -1.79. The number of carbonyl (C=O) groups excluding carboxylic acids is 2. The van der Waals surface area contributed by atoms with E-state index in [9.17, 15) is 9.59 Å². The van der Waals surface area contributed by atoms with Gasteiger partial charge in [-0.1, -0.05) is 18.9 Å². The topological polar surface area (TPSA) is 73.5 Å². The highest BCUT2D eigenvalue weighted by atomic mass is 35.5. The molecule has 0 aromatic heterocycles. The standard InChI is InChI=1S/C18H24N4O2.ClH/c23-17(16-10-12-4-1-2-7-15(12)21-16)20-13-5-3-6-14(11-13)22-9-8-19-18(22)24;/h3,5-6,11-12,15-16,21H,1-2,4,7-10H2,(H,19,24)(H,20,23);1H. The molecule has 4 rings (SSSR count). The number of anilines is 2. The Morgan fingerprint density at radius 3 is 2.84 bits per heavy atom. The van der Waals surface area contributed by atoms with Crippen molar-refractivity contribution in [3.05, 3.63) is 24.3 Å². The highest BCUT2D eigenvalue weighted by molar-refractivity contribution is 5.97. The van der Waals surface area contributed by atoms with Crippen molar-refractivity contribution in [2.24, 2.45) is 5.92 Å². The second-order valence-electron chi connectivity index (χ2n) is 7.03. The van der Waals surface area contributed by atoms with Gasteiger partial charge >= 0.3 is 6.03 Å². The number of benzene rings is 1. The molecule has 2 aliphatic heterocycles. The Morgan fingerprint density at radius 1 is 1.24 bits per heavy atom. The summed E-state index contributed by atoms with van der Waals surface area (Å²) in [5.41, 5.74) is 1.56. The van der Waals surface area contributed by atoms with Crippen molar-refractivity contribution in [1.29, 1.82) is 0 Å². The predicted molar refractivity (Wildman–Crippen MR) is 100 cm³/mol. The van der Waals surface area contributed by atoms with Gasteiger partial charge in [0.1, 0.15) is 0 Å². The van der Waals surface area contributed by atoms with Crippen LogP contribution >= 0.6 is 12.4 Å². The number of urea groups is 1. The van der Waals surface area contributed by atoms with Crippen LogP contribution in [-0.2, 0) is 4.79 Å². The first kappa shape index (κ1) is 18.0. The van der Waals surface area contributed by atoms with Gasteiger partial charge in [0.05, 0.1) is 6.04 Å². The van der Waals surface area contributed by atoms with Crippen molar-refractivity contribution >= 4 is 35.7 Å². The van der Waals surface area contributed by atoms with E-state index >= 15 is 0 Å². The molecule has 7 heteroatoms. The zero-order valence-electron chi connectivity index (χ0n) is 14.2. The molecule has 0 bridgehead atoms. The Labute approximate surface area is 154 Å². The van der Waals surface area contributed by atoms with Gasteiger partial charge in [0.15, 0.2) is 0 Å². The number of amides is 3. The fraction of sp³-hybridized carbons (Fsp3) is 0.556. The van der Waals surface area contributed by atoms with Gasteiger partial charge in [0.25, 0.3) is 0 Å². The summed E-state index contributed by atoms with van der Waals surface area (Å²) in [6.07, 6.45) is 5.92. The Kier molecular flexibility index (Phi) is 5.49. The van der Waals surface area contributed by atoms with Crippen LogP contribution in [0.3, 0.4) is 0 Å². The minimum Gasteiger partial charge on any atom is -0.336 e. The monoisotopic (exact) mass is 364 g/mol. The smallest absolute Gasteiger partial charge is 0.321 e. The molecule has 3 amide bonds. The van der Waals surface area contributed by atoms with E-state index in [4.69, 9.17) is 0 Å². The van der Waals surface area contributed by atoms with Gasteiger partial charge in [0, 0.05) is 30.5 Å². The van der Waals surface area contributed by atoms with Crippen molar-refractivity contribution in [2.45, 2.75) is 44.2 Å². The van der Waals surface area contributed by atoms with Crippen molar-refractivity contribution in [3.63, 3.8) is 0 Å². The summed E-state index contributed by atoms with van der Waals surface area (Å²) in [7, 11) is 0. The molecule has 3 aliphatic rings. The van der Waals surface area contributed by atoms with Gasteiger partial charge in [-0.05, 0) is 43.4 Å². The van der Waals surface area contributed by atoms with Crippen LogP contribution in [-0.4, -0.2) is 37.1 Å². The lowest BCUT2D eigenvalue weighted by molar-refractivity contribution is -0.117. The molecule has 1 aromatic carbocycles. The highest BCUT2D eigenvalue weighted by Crippen LogP contribution is 2.33. The molecule has 136 valence electrons. The van der Waals surface area contributed by atoms with Gasteiger partial charge in [0.2, 0.25) is 5.91 Å². The normalized spacial score (nSPS) is 28.1. The second-order valence-corrected chi connectivity index (χ2v) is 7.03. The molecule has 1 aliphatic carbocycles. The number of rotatable bonds is 3. The van der Waals surface area contributed by atoms with Gasteiger partial charge in [-0.25, -0.2) is 4.79 Å². The summed E-state index contributed by atoms with van der Waals surface area (Å²) in [5.74, 6) is 0.682.